The summed E-state index contributed by atoms with van der Waals surface area (Å²) in [7, 11) is 0. The van der Waals surface area contributed by atoms with Gasteiger partial charge in [-0.1, -0.05) is 50.3 Å². The Morgan fingerprint density at radius 2 is 1.34 bits per heavy atom. The first kappa shape index (κ1) is 38.4. The Morgan fingerprint density at radius 3 is 1.93 bits per heavy atom. The summed E-state index contributed by atoms with van der Waals surface area (Å²) in [4.78, 5) is 12.1. The number of aliphatic hydroxyl groups excluding tert-OH is 8. The number of carbonyl (C=O) groups is 1. The molecular formula is C30H51NO13. The number of allylic oxidation sites excluding steroid dienone is 5. The van der Waals surface area contributed by atoms with Gasteiger partial charge in [-0.25, -0.2) is 0 Å². The largest absolute Gasteiger partial charge is 0.394 e. The smallest absolute Gasteiger partial charge is 0.220 e. The summed E-state index contributed by atoms with van der Waals surface area (Å²) in [5.41, 5.74) is 0. The predicted octanol–water partition coefficient (Wildman–Crippen LogP) is -1.48. The maximum absolute atomic E-state index is 12.1. The molecule has 14 heteroatoms. The molecule has 2 heterocycles. The number of carbonyl (C=O) groups excluding carboxylic acids is 1. The van der Waals surface area contributed by atoms with E-state index in [0.29, 0.717) is 6.42 Å². The molecule has 9 N–H and O–H groups in total. The van der Waals surface area contributed by atoms with E-state index in [0.717, 1.165) is 25.7 Å². The molecule has 2 fully saturated rings. The van der Waals surface area contributed by atoms with Crippen molar-refractivity contribution < 1.29 is 64.6 Å². The van der Waals surface area contributed by atoms with Crippen molar-refractivity contribution in [1.29, 1.82) is 0 Å². The summed E-state index contributed by atoms with van der Waals surface area (Å²) in [5.74, 6) is -0.350. The van der Waals surface area contributed by atoms with Gasteiger partial charge in [-0.05, 0) is 32.1 Å². The normalized spacial score (nSPS) is 34.6. The Labute approximate surface area is 258 Å². The molecule has 0 bridgehead atoms. The average molecular weight is 634 g/mol. The molecule has 2 rings (SSSR count). The van der Waals surface area contributed by atoms with Crippen LogP contribution in [0.25, 0.3) is 0 Å². The standard InChI is InChI=1S/C30H51NO13/c1-3-5-6-7-8-9-10-11-12-13-14-19(34)18(31-22(35)4-2)17-41-29-27(40)25(38)28(21(16-33)43-29)44-30-26(39)24(37)23(36)20(15-32)42-30/h5-6,9-10,13-14,18-21,23-30,32-34,36-40H,3-4,7-8,11-12,15-17H2,1-2H3,(H,31,35)/b6-5+,10-9+,14-13+. The van der Waals surface area contributed by atoms with Crippen molar-refractivity contribution in [2.75, 3.05) is 19.8 Å². The Bertz CT molecular complexity index is 898. The highest BCUT2D eigenvalue weighted by molar-refractivity contribution is 5.75. The summed E-state index contributed by atoms with van der Waals surface area (Å²) in [6.45, 7) is 1.97. The minimum Gasteiger partial charge on any atom is -0.394 e. The molecule has 254 valence electrons. The van der Waals surface area contributed by atoms with Gasteiger partial charge in [0.25, 0.3) is 0 Å². The van der Waals surface area contributed by atoms with E-state index in [4.69, 9.17) is 18.9 Å². The van der Waals surface area contributed by atoms with Gasteiger partial charge in [0, 0.05) is 6.42 Å². The fourth-order valence-electron chi connectivity index (χ4n) is 4.70. The molecule has 44 heavy (non-hydrogen) atoms. The van der Waals surface area contributed by atoms with Gasteiger partial charge in [-0.15, -0.1) is 0 Å². The topological polar surface area (TPSA) is 228 Å². The molecule has 0 saturated carbocycles. The first-order chi connectivity index (χ1) is 21.1. The van der Waals surface area contributed by atoms with Crippen molar-refractivity contribution in [3.63, 3.8) is 0 Å². The van der Waals surface area contributed by atoms with E-state index in [1.165, 1.54) is 6.08 Å². The van der Waals surface area contributed by atoms with Gasteiger partial charge in [0.15, 0.2) is 12.6 Å². The lowest BCUT2D eigenvalue weighted by Crippen LogP contribution is -2.65. The molecule has 12 atom stereocenters. The summed E-state index contributed by atoms with van der Waals surface area (Å²) in [6, 6.07) is -0.928. The maximum atomic E-state index is 12.1. The third-order valence-electron chi connectivity index (χ3n) is 7.38. The quantitative estimate of drug-likeness (QED) is 0.0621. The maximum Gasteiger partial charge on any atom is 0.220 e. The Kier molecular flexibility index (Phi) is 17.8. The molecule has 12 unspecified atom stereocenters. The summed E-state index contributed by atoms with van der Waals surface area (Å²) < 4.78 is 22.1. The lowest BCUT2D eigenvalue weighted by molar-refractivity contribution is -0.359. The lowest BCUT2D eigenvalue weighted by Gasteiger charge is -2.46. The Balaban J connectivity index is 1.97. The van der Waals surface area contributed by atoms with Crippen LogP contribution in [-0.2, 0) is 23.7 Å². The number of ether oxygens (including phenoxy) is 4. The van der Waals surface area contributed by atoms with Crippen LogP contribution in [0.4, 0.5) is 0 Å². The highest BCUT2D eigenvalue weighted by Crippen LogP contribution is 2.29. The molecule has 0 aromatic rings. The lowest BCUT2D eigenvalue weighted by atomic mass is 9.97. The monoisotopic (exact) mass is 633 g/mol. The molecule has 0 radical (unpaired) electrons. The number of amides is 1. The van der Waals surface area contributed by atoms with E-state index in [9.17, 15) is 45.6 Å². The molecule has 2 saturated heterocycles. The zero-order chi connectivity index (χ0) is 32.6. The number of nitrogens with one attached hydrogen (secondary N) is 1. The van der Waals surface area contributed by atoms with E-state index < -0.39 is 86.8 Å². The molecule has 0 spiro atoms. The van der Waals surface area contributed by atoms with Crippen LogP contribution in [0.1, 0.15) is 52.4 Å². The van der Waals surface area contributed by atoms with Gasteiger partial charge in [0.1, 0.15) is 48.8 Å². The predicted molar refractivity (Wildman–Crippen MR) is 157 cm³/mol. The first-order valence-corrected chi connectivity index (χ1v) is 15.2. The molecule has 0 aliphatic carbocycles. The van der Waals surface area contributed by atoms with E-state index >= 15 is 0 Å². The van der Waals surface area contributed by atoms with Gasteiger partial charge in [-0.2, -0.15) is 0 Å². The van der Waals surface area contributed by atoms with E-state index in [1.54, 1.807) is 13.0 Å². The number of aliphatic hydroxyl groups is 8. The van der Waals surface area contributed by atoms with Crippen molar-refractivity contribution in [2.45, 2.75) is 126 Å². The van der Waals surface area contributed by atoms with Gasteiger partial charge in [-0.3, -0.25) is 4.79 Å². The molecular weight excluding hydrogens is 582 g/mol. The van der Waals surface area contributed by atoms with Crippen LogP contribution in [0.2, 0.25) is 0 Å². The summed E-state index contributed by atoms with van der Waals surface area (Å²) >= 11 is 0. The zero-order valence-corrected chi connectivity index (χ0v) is 25.4. The van der Waals surface area contributed by atoms with Crippen LogP contribution < -0.4 is 5.32 Å². The van der Waals surface area contributed by atoms with Crippen molar-refractivity contribution in [2.24, 2.45) is 0 Å². The van der Waals surface area contributed by atoms with Gasteiger partial charge in [0.2, 0.25) is 5.91 Å². The van der Waals surface area contributed by atoms with Crippen LogP contribution in [0, 0.1) is 0 Å². The van der Waals surface area contributed by atoms with Gasteiger partial charge < -0.3 is 65.1 Å². The first-order valence-electron chi connectivity index (χ1n) is 15.2. The van der Waals surface area contributed by atoms with Crippen LogP contribution in [0.3, 0.4) is 0 Å². The highest BCUT2D eigenvalue weighted by Gasteiger charge is 2.50. The average Bonchev–Trinajstić information content (AvgIpc) is 3.02. The minimum atomic E-state index is -1.79. The highest BCUT2D eigenvalue weighted by atomic mass is 16.7. The van der Waals surface area contributed by atoms with Crippen molar-refractivity contribution in [3.05, 3.63) is 36.5 Å². The molecule has 0 aromatic heterocycles. The third kappa shape index (κ3) is 11.5. The molecule has 1 amide bonds. The van der Waals surface area contributed by atoms with Crippen molar-refractivity contribution in [1.82, 2.24) is 5.32 Å². The summed E-state index contributed by atoms with van der Waals surface area (Å²) in [5, 5.41) is 84.5. The van der Waals surface area contributed by atoms with Crippen LogP contribution >= 0.6 is 0 Å². The van der Waals surface area contributed by atoms with E-state index in [-0.39, 0.29) is 18.9 Å². The SMILES string of the molecule is CC/C=C/CC/C=C/CC/C=C/C(O)C(COC1OC(CO)C(OC2OC(CO)C(O)C(O)C2O)C(O)C1O)NC(=O)CC. The second kappa shape index (κ2) is 20.4. The molecule has 14 nitrogen and oxygen atoms in total. The molecule has 2 aliphatic heterocycles. The fraction of sp³-hybridized carbons (Fsp3) is 0.767. The number of unbranched alkanes of at least 4 members (excludes halogenated alkanes) is 2. The van der Waals surface area contributed by atoms with Crippen LogP contribution in [0.5, 0.6) is 0 Å². The molecule has 0 aromatic carbocycles. The number of rotatable bonds is 18. The summed E-state index contributed by atoms with van der Waals surface area (Å²) in [6.07, 6.45) is -0.721. The Morgan fingerprint density at radius 1 is 0.773 bits per heavy atom. The van der Waals surface area contributed by atoms with Gasteiger partial charge >= 0.3 is 0 Å². The number of hydrogen-bond donors (Lipinski definition) is 9. The second-order valence-corrected chi connectivity index (χ2v) is 10.8. The number of hydrogen-bond acceptors (Lipinski definition) is 13. The van der Waals surface area contributed by atoms with Crippen molar-refractivity contribution in [3.8, 4) is 0 Å². The Hall–Kier alpha value is -1.79. The fourth-order valence-corrected chi connectivity index (χ4v) is 4.70. The van der Waals surface area contributed by atoms with Crippen LogP contribution in [0.15, 0.2) is 36.5 Å². The minimum absolute atomic E-state index is 0.149. The van der Waals surface area contributed by atoms with E-state index in [2.05, 4.69) is 36.5 Å². The van der Waals surface area contributed by atoms with Gasteiger partial charge in [0.05, 0.1) is 32.0 Å². The van der Waals surface area contributed by atoms with Crippen LogP contribution in [-0.4, -0.2) is 140 Å². The van der Waals surface area contributed by atoms with Crippen molar-refractivity contribution >= 4 is 5.91 Å². The zero-order valence-electron chi connectivity index (χ0n) is 25.4. The third-order valence-corrected chi connectivity index (χ3v) is 7.38. The second-order valence-electron chi connectivity index (χ2n) is 10.8. The molecule has 2 aliphatic rings. The van der Waals surface area contributed by atoms with E-state index in [1.807, 2.05) is 0 Å².